The van der Waals surface area contributed by atoms with Crippen LogP contribution in [0.3, 0.4) is 0 Å². The first-order valence-electron chi connectivity index (χ1n) is 7.48. The molecule has 0 fully saturated rings. The van der Waals surface area contributed by atoms with Crippen LogP contribution >= 0.6 is 0 Å². The molecule has 0 spiro atoms. The molecule has 1 aromatic carbocycles. The quantitative estimate of drug-likeness (QED) is 0.783. The molecule has 0 aliphatic carbocycles. The Kier molecular flexibility index (Phi) is 3.30. The molecule has 24 heavy (non-hydrogen) atoms. The first-order valence-corrected chi connectivity index (χ1v) is 7.48. The van der Waals surface area contributed by atoms with Crippen LogP contribution in [0.2, 0.25) is 0 Å². The van der Waals surface area contributed by atoms with E-state index in [2.05, 4.69) is 20.5 Å². The SMILES string of the molecule is Cc1cc(C)n2c(CNC(=O)c3ccc4c(c3)OCO4)nnc2n1. The lowest BCUT2D eigenvalue weighted by Crippen LogP contribution is -2.24. The van der Waals surface area contributed by atoms with Crippen LogP contribution in [0.15, 0.2) is 24.3 Å². The smallest absolute Gasteiger partial charge is 0.255 e. The average Bonchev–Trinajstić information content (AvgIpc) is 3.18. The highest BCUT2D eigenvalue weighted by molar-refractivity contribution is 5.94. The van der Waals surface area contributed by atoms with Crippen molar-refractivity contribution in [2.45, 2.75) is 20.4 Å². The molecule has 1 N–H and O–H groups in total. The molecule has 122 valence electrons. The number of nitrogens with zero attached hydrogens (tertiary/aromatic N) is 4. The van der Waals surface area contributed by atoms with Gasteiger partial charge < -0.3 is 14.8 Å². The lowest BCUT2D eigenvalue weighted by atomic mass is 10.2. The van der Waals surface area contributed by atoms with E-state index < -0.39 is 0 Å². The average molecular weight is 325 g/mol. The predicted molar refractivity (Wildman–Crippen MR) is 84.0 cm³/mol. The van der Waals surface area contributed by atoms with Gasteiger partial charge in [0.1, 0.15) is 0 Å². The van der Waals surface area contributed by atoms with Crippen molar-refractivity contribution in [3.05, 3.63) is 47.0 Å². The standard InChI is InChI=1S/C16H15N5O3/c1-9-5-10(2)21-14(19-20-16(21)18-9)7-17-15(22)11-3-4-12-13(6-11)24-8-23-12/h3-6H,7-8H2,1-2H3,(H,17,22). The Labute approximate surface area is 137 Å². The van der Waals surface area contributed by atoms with Gasteiger partial charge in [0.25, 0.3) is 11.7 Å². The van der Waals surface area contributed by atoms with Gasteiger partial charge in [0.05, 0.1) is 6.54 Å². The van der Waals surface area contributed by atoms with Crippen molar-refractivity contribution in [3.63, 3.8) is 0 Å². The summed E-state index contributed by atoms with van der Waals surface area (Å²) in [6.45, 7) is 4.29. The zero-order valence-corrected chi connectivity index (χ0v) is 13.2. The van der Waals surface area contributed by atoms with Gasteiger partial charge in [-0.25, -0.2) is 4.98 Å². The minimum absolute atomic E-state index is 0.178. The monoisotopic (exact) mass is 325 g/mol. The van der Waals surface area contributed by atoms with Crippen LogP contribution in [0.5, 0.6) is 11.5 Å². The number of fused-ring (bicyclic) bond motifs is 2. The highest BCUT2D eigenvalue weighted by atomic mass is 16.7. The summed E-state index contributed by atoms with van der Waals surface area (Å²) in [4.78, 5) is 16.7. The molecule has 1 amide bonds. The second-order valence-corrected chi connectivity index (χ2v) is 5.54. The number of hydrogen-bond acceptors (Lipinski definition) is 6. The number of nitrogens with one attached hydrogen (secondary N) is 1. The number of aromatic nitrogens is 4. The van der Waals surface area contributed by atoms with Crippen molar-refractivity contribution >= 4 is 11.7 Å². The number of aryl methyl sites for hydroxylation is 2. The van der Waals surface area contributed by atoms with E-state index in [1.807, 2.05) is 24.3 Å². The third kappa shape index (κ3) is 2.41. The van der Waals surface area contributed by atoms with Crippen LogP contribution in [0, 0.1) is 13.8 Å². The Morgan fingerprint density at radius 2 is 2.04 bits per heavy atom. The molecule has 3 aromatic rings. The van der Waals surface area contributed by atoms with Crippen LogP contribution in [-0.4, -0.2) is 32.3 Å². The molecule has 0 atom stereocenters. The third-order valence-electron chi connectivity index (χ3n) is 3.80. The van der Waals surface area contributed by atoms with Gasteiger partial charge in [-0.1, -0.05) is 0 Å². The molecule has 8 heteroatoms. The number of rotatable bonds is 3. The van der Waals surface area contributed by atoms with Crippen molar-refractivity contribution in [1.29, 1.82) is 0 Å². The summed E-state index contributed by atoms with van der Waals surface area (Å²) in [5.41, 5.74) is 2.34. The molecule has 0 radical (unpaired) electrons. The third-order valence-corrected chi connectivity index (χ3v) is 3.80. The normalized spacial score (nSPS) is 12.6. The highest BCUT2D eigenvalue weighted by Gasteiger charge is 2.17. The second-order valence-electron chi connectivity index (χ2n) is 5.54. The van der Waals surface area contributed by atoms with Crippen molar-refractivity contribution in [1.82, 2.24) is 24.9 Å². The van der Waals surface area contributed by atoms with Gasteiger partial charge in [-0.05, 0) is 38.1 Å². The predicted octanol–water partition coefficient (Wildman–Crippen LogP) is 1.40. The zero-order valence-electron chi connectivity index (χ0n) is 13.2. The Bertz CT molecular complexity index is 950. The Morgan fingerprint density at radius 3 is 2.92 bits per heavy atom. The molecule has 4 rings (SSSR count). The second kappa shape index (κ2) is 5.48. The maximum absolute atomic E-state index is 12.3. The van der Waals surface area contributed by atoms with Gasteiger partial charge in [-0.15, -0.1) is 10.2 Å². The molecule has 0 saturated carbocycles. The van der Waals surface area contributed by atoms with Gasteiger partial charge in [0, 0.05) is 17.0 Å². The van der Waals surface area contributed by atoms with E-state index in [-0.39, 0.29) is 19.2 Å². The molecule has 0 unspecified atom stereocenters. The van der Waals surface area contributed by atoms with Crippen molar-refractivity contribution in [2.75, 3.05) is 6.79 Å². The molecule has 1 aliphatic rings. The zero-order chi connectivity index (χ0) is 16.7. The van der Waals surface area contributed by atoms with Crippen LogP contribution < -0.4 is 14.8 Å². The minimum Gasteiger partial charge on any atom is -0.454 e. The lowest BCUT2D eigenvalue weighted by Gasteiger charge is -2.07. The number of carbonyl (C=O) groups excluding carboxylic acids is 1. The lowest BCUT2D eigenvalue weighted by molar-refractivity contribution is 0.0949. The first kappa shape index (κ1) is 14.4. The Morgan fingerprint density at radius 1 is 1.21 bits per heavy atom. The van der Waals surface area contributed by atoms with Gasteiger partial charge >= 0.3 is 0 Å². The largest absolute Gasteiger partial charge is 0.454 e. The molecular formula is C16H15N5O3. The van der Waals surface area contributed by atoms with E-state index in [0.717, 1.165) is 11.4 Å². The van der Waals surface area contributed by atoms with Gasteiger partial charge in [-0.2, -0.15) is 0 Å². The summed E-state index contributed by atoms with van der Waals surface area (Å²) in [6.07, 6.45) is 0. The molecule has 3 heterocycles. The summed E-state index contributed by atoms with van der Waals surface area (Å²) in [5.74, 6) is 2.16. The summed E-state index contributed by atoms with van der Waals surface area (Å²) >= 11 is 0. The van der Waals surface area contributed by atoms with Crippen molar-refractivity contribution in [2.24, 2.45) is 0 Å². The van der Waals surface area contributed by atoms with Crippen LogP contribution in [-0.2, 0) is 6.54 Å². The fourth-order valence-corrected chi connectivity index (χ4v) is 2.71. The van der Waals surface area contributed by atoms with E-state index >= 15 is 0 Å². The number of hydrogen-bond donors (Lipinski definition) is 1. The van der Waals surface area contributed by atoms with E-state index in [1.54, 1.807) is 18.2 Å². The number of ether oxygens (including phenoxy) is 2. The molecule has 1 aliphatic heterocycles. The summed E-state index contributed by atoms with van der Waals surface area (Å²) < 4.78 is 12.4. The topological polar surface area (TPSA) is 90.6 Å². The van der Waals surface area contributed by atoms with E-state index in [0.29, 0.717) is 28.7 Å². The first-order chi connectivity index (χ1) is 11.6. The number of amides is 1. The molecule has 0 bridgehead atoms. The Balaban J connectivity index is 1.54. The van der Waals surface area contributed by atoms with Crippen molar-refractivity contribution in [3.8, 4) is 11.5 Å². The van der Waals surface area contributed by atoms with Gasteiger partial charge in [0.15, 0.2) is 17.3 Å². The summed E-state index contributed by atoms with van der Waals surface area (Å²) in [5, 5.41) is 11.0. The summed E-state index contributed by atoms with van der Waals surface area (Å²) in [7, 11) is 0. The van der Waals surface area contributed by atoms with Gasteiger partial charge in [0.2, 0.25) is 6.79 Å². The van der Waals surface area contributed by atoms with Crippen LogP contribution in [0.4, 0.5) is 0 Å². The van der Waals surface area contributed by atoms with E-state index in [4.69, 9.17) is 9.47 Å². The van der Waals surface area contributed by atoms with Crippen LogP contribution in [0.25, 0.3) is 5.78 Å². The highest BCUT2D eigenvalue weighted by Crippen LogP contribution is 2.32. The molecule has 8 nitrogen and oxygen atoms in total. The molecule has 2 aromatic heterocycles. The van der Waals surface area contributed by atoms with Gasteiger partial charge in [-0.3, -0.25) is 9.20 Å². The van der Waals surface area contributed by atoms with Crippen LogP contribution in [0.1, 0.15) is 27.6 Å². The fourth-order valence-electron chi connectivity index (χ4n) is 2.71. The Hall–Kier alpha value is -3.16. The molecule has 0 saturated heterocycles. The van der Waals surface area contributed by atoms with E-state index in [9.17, 15) is 4.79 Å². The number of benzene rings is 1. The fraction of sp³-hybridized carbons (Fsp3) is 0.250. The maximum Gasteiger partial charge on any atom is 0.255 e. The number of carbonyl (C=O) groups is 1. The summed E-state index contributed by atoms with van der Waals surface area (Å²) in [6, 6.07) is 7.02. The maximum atomic E-state index is 12.3. The molecular weight excluding hydrogens is 310 g/mol. The van der Waals surface area contributed by atoms with Crippen molar-refractivity contribution < 1.29 is 14.3 Å². The minimum atomic E-state index is -0.220. The van der Waals surface area contributed by atoms with E-state index in [1.165, 1.54) is 0 Å².